The largest absolute Gasteiger partial charge is 0.419 e. The second kappa shape index (κ2) is 9.19. The van der Waals surface area contributed by atoms with Gasteiger partial charge in [0.1, 0.15) is 5.82 Å². The molecule has 0 spiro atoms. The van der Waals surface area contributed by atoms with Gasteiger partial charge in [0.25, 0.3) is 21.8 Å². The summed E-state index contributed by atoms with van der Waals surface area (Å²) in [6, 6.07) is 3.35. The van der Waals surface area contributed by atoms with Crippen LogP contribution in [0.2, 0.25) is 5.02 Å². The van der Waals surface area contributed by atoms with Crippen LogP contribution < -0.4 is 4.72 Å². The van der Waals surface area contributed by atoms with Gasteiger partial charge < -0.3 is 5.11 Å². The van der Waals surface area contributed by atoms with E-state index in [1.165, 1.54) is 12.2 Å². The Balaban J connectivity index is 1.70. The van der Waals surface area contributed by atoms with E-state index < -0.39 is 61.6 Å². The monoisotopic (exact) mass is 542 g/mol. The zero-order chi connectivity index (χ0) is 26.4. The molecular weight excluding hydrogens is 528 g/mol. The molecule has 0 fully saturated rings. The zero-order valence-corrected chi connectivity index (χ0v) is 19.5. The predicted molar refractivity (Wildman–Crippen MR) is 121 cm³/mol. The lowest BCUT2D eigenvalue weighted by molar-refractivity contribution is -0.140. The van der Waals surface area contributed by atoms with Gasteiger partial charge in [-0.2, -0.15) is 13.2 Å². The summed E-state index contributed by atoms with van der Waals surface area (Å²) in [6.45, 7) is -0.267. The lowest BCUT2D eigenvalue weighted by atomic mass is 10.1. The third-order valence-corrected chi connectivity index (χ3v) is 7.00. The molecule has 188 valence electrons. The molecule has 0 saturated carbocycles. The van der Waals surface area contributed by atoms with Crippen LogP contribution in [-0.2, 0) is 16.2 Å². The number of halogens is 5. The van der Waals surface area contributed by atoms with E-state index in [9.17, 15) is 40.7 Å². The predicted octanol–water partition coefficient (Wildman–Crippen LogP) is 4.31. The normalized spacial score (nSPS) is 17.8. The van der Waals surface area contributed by atoms with E-state index in [2.05, 4.69) is 0 Å². The van der Waals surface area contributed by atoms with Gasteiger partial charge in [0.15, 0.2) is 0 Å². The lowest BCUT2D eigenvalue weighted by Gasteiger charge is -2.15. The molecule has 1 heterocycles. The number of fused-ring (bicyclic) bond motifs is 1. The highest BCUT2D eigenvalue weighted by atomic mass is 35.5. The number of anilines is 1. The number of hydrogen-bond donors (Lipinski definition) is 2. The van der Waals surface area contributed by atoms with Crippen molar-refractivity contribution >= 4 is 39.1 Å². The third kappa shape index (κ3) is 4.79. The zero-order valence-electron chi connectivity index (χ0n) is 17.9. The van der Waals surface area contributed by atoms with Gasteiger partial charge >= 0.3 is 6.18 Å². The summed E-state index contributed by atoms with van der Waals surface area (Å²) >= 11 is 6.11. The van der Waals surface area contributed by atoms with E-state index in [0.717, 1.165) is 17.0 Å². The Morgan fingerprint density at radius 3 is 2.44 bits per heavy atom. The number of carbonyl (C=O) groups is 2. The van der Waals surface area contributed by atoms with Crippen LogP contribution in [0.15, 0.2) is 71.2 Å². The first-order valence-corrected chi connectivity index (χ1v) is 12.0. The van der Waals surface area contributed by atoms with Crippen molar-refractivity contribution < 1.29 is 40.7 Å². The SMILES string of the molecule is O=C1c2c(Cl)ccc(NS(=O)(=O)c3ccc(F)c(C(F)(F)F)c3)c2C(=O)N1CC1=CC(O)C=CC=C1. The van der Waals surface area contributed by atoms with Gasteiger partial charge in [0.2, 0.25) is 0 Å². The molecule has 2 amide bonds. The number of rotatable bonds is 5. The summed E-state index contributed by atoms with van der Waals surface area (Å²) in [4.78, 5) is 26.0. The Morgan fingerprint density at radius 2 is 1.75 bits per heavy atom. The summed E-state index contributed by atoms with van der Waals surface area (Å²) in [5, 5.41) is 9.72. The van der Waals surface area contributed by atoms with Crippen LogP contribution in [0.3, 0.4) is 0 Å². The highest BCUT2D eigenvalue weighted by Gasteiger charge is 2.41. The number of aliphatic hydroxyl groups excluding tert-OH is 1. The van der Waals surface area contributed by atoms with E-state index in [4.69, 9.17) is 11.6 Å². The summed E-state index contributed by atoms with van der Waals surface area (Å²) in [6.07, 6.45) is 1.48. The average molecular weight is 543 g/mol. The number of alkyl halides is 3. The van der Waals surface area contributed by atoms with Gasteiger partial charge in [0.05, 0.1) is 44.9 Å². The maximum absolute atomic E-state index is 13.6. The minimum atomic E-state index is -5.15. The summed E-state index contributed by atoms with van der Waals surface area (Å²) in [7, 11) is -4.75. The Bertz CT molecular complexity index is 1480. The molecule has 4 rings (SSSR count). The smallest absolute Gasteiger partial charge is 0.385 e. The van der Waals surface area contributed by atoms with Crippen molar-refractivity contribution in [2.24, 2.45) is 0 Å². The maximum Gasteiger partial charge on any atom is 0.419 e. The molecule has 1 atom stereocenters. The van der Waals surface area contributed by atoms with Crippen molar-refractivity contribution in [2.75, 3.05) is 11.3 Å². The third-order valence-electron chi connectivity index (χ3n) is 5.33. The van der Waals surface area contributed by atoms with Crippen LogP contribution in [0.4, 0.5) is 23.2 Å². The molecule has 1 aliphatic heterocycles. The molecular formula is C23H15ClF4N2O5S. The quantitative estimate of drug-likeness (QED) is 0.433. The molecule has 1 aliphatic carbocycles. The molecule has 2 N–H and O–H groups in total. The van der Waals surface area contributed by atoms with Crippen molar-refractivity contribution in [2.45, 2.75) is 17.2 Å². The molecule has 2 aliphatic rings. The van der Waals surface area contributed by atoms with E-state index in [-0.39, 0.29) is 23.2 Å². The number of nitrogens with zero attached hydrogens (tertiary/aromatic N) is 1. The van der Waals surface area contributed by atoms with E-state index in [1.54, 1.807) is 18.2 Å². The van der Waals surface area contributed by atoms with E-state index >= 15 is 0 Å². The Morgan fingerprint density at radius 1 is 1.06 bits per heavy atom. The topological polar surface area (TPSA) is 104 Å². The number of allylic oxidation sites excluding steroid dienone is 2. The number of amides is 2. The van der Waals surface area contributed by atoms with Gasteiger partial charge in [-0.25, -0.2) is 12.8 Å². The van der Waals surface area contributed by atoms with E-state index in [0.29, 0.717) is 17.7 Å². The number of imide groups is 1. The van der Waals surface area contributed by atoms with Gasteiger partial charge in [-0.1, -0.05) is 35.9 Å². The fourth-order valence-corrected chi connectivity index (χ4v) is 5.00. The standard InChI is InChI=1S/C23H15ClF4N2O5S/c24-16-6-8-18(29-36(34,35)14-5-7-17(25)15(10-14)23(26,27)28)20-19(16)21(32)30(22(20)33)11-12-3-1-2-4-13(31)9-12/h1-10,13,29,31H,11H2. The number of benzene rings is 2. The fraction of sp³-hybridized carbons (Fsp3) is 0.130. The molecule has 1 unspecified atom stereocenters. The first-order chi connectivity index (χ1) is 16.8. The van der Waals surface area contributed by atoms with Crippen molar-refractivity contribution in [3.63, 3.8) is 0 Å². The van der Waals surface area contributed by atoms with Gasteiger partial charge in [-0.3, -0.25) is 19.2 Å². The number of aliphatic hydroxyl groups is 1. The molecule has 0 aromatic heterocycles. The first-order valence-electron chi connectivity index (χ1n) is 10.1. The maximum atomic E-state index is 13.6. The van der Waals surface area contributed by atoms with Crippen LogP contribution in [0.25, 0.3) is 0 Å². The lowest BCUT2D eigenvalue weighted by Crippen LogP contribution is -2.32. The van der Waals surface area contributed by atoms with Crippen molar-refractivity contribution in [1.82, 2.24) is 4.90 Å². The van der Waals surface area contributed by atoms with Crippen LogP contribution >= 0.6 is 11.6 Å². The molecule has 0 saturated heterocycles. The van der Waals surface area contributed by atoms with Crippen molar-refractivity contribution in [1.29, 1.82) is 0 Å². The fourth-order valence-electron chi connectivity index (χ4n) is 3.67. The first kappa shape index (κ1) is 25.6. The second-order valence-electron chi connectivity index (χ2n) is 7.76. The Hall–Kier alpha value is -3.48. The molecule has 0 radical (unpaired) electrons. The average Bonchev–Trinajstić information content (AvgIpc) is 2.91. The molecule has 0 bridgehead atoms. The van der Waals surface area contributed by atoms with Crippen LogP contribution in [-0.4, -0.2) is 42.9 Å². The van der Waals surface area contributed by atoms with E-state index in [1.807, 2.05) is 4.72 Å². The molecule has 2 aromatic rings. The number of hydrogen-bond acceptors (Lipinski definition) is 5. The Kier molecular flexibility index (Phi) is 6.54. The molecule has 36 heavy (non-hydrogen) atoms. The van der Waals surface area contributed by atoms with Crippen LogP contribution in [0.5, 0.6) is 0 Å². The minimum Gasteiger partial charge on any atom is -0.385 e. The molecule has 13 heteroatoms. The molecule has 2 aromatic carbocycles. The molecule has 7 nitrogen and oxygen atoms in total. The van der Waals surface area contributed by atoms with Gasteiger partial charge in [-0.15, -0.1) is 0 Å². The highest BCUT2D eigenvalue weighted by Crippen LogP contribution is 2.37. The number of carbonyl (C=O) groups excluding carboxylic acids is 2. The second-order valence-corrected chi connectivity index (χ2v) is 9.85. The number of nitrogens with one attached hydrogen (secondary N) is 1. The minimum absolute atomic E-state index is 0.122. The summed E-state index contributed by atoms with van der Waals surface area (Å²) < 4.78 is 80.5. The van der Waals surface area contributed by atoms with Crippen LogP contribution in [0.1, 0.15) is 26.3 Å². The summed E-state index contributed by atoms with van der Waals surface area (Å²) in [5.74, 6) is -3.40. The van der Waals surface area contributed by atoms with Gasteiger partial charge in [0, 0.05) is 0 Å². The van der Waals surface area contributed by atoms with Crippen molar-refractivity contribution in [3.05, 3.63) is 93.8 Å². The Labute approximate surface area is 207 Å². The number of sulfonamides is 1. The van der Waals surface area contributed by atoms with Crippen molar-refractivity contribution in [3.8, 4) is 0 Å². The van der Waals surface area contributed by atoms with Gasteiger partial charge in [-0.05, 0) is 42.0 Å². The van der Waals surface area contributed by atoms with Crippen LogP contribution in [0, 0.1) is 5.82 Å². The summed E-state index contributed by atoms with van der Waals surface area (Å²) in [5.41, 5.74) is -2.48. The highest BCUT2D eigenvalue weighted by molar-refractivity contribution is 7.92.